The number of anilines is 1. The number of hydrogen-bond acceptors (Lipinski definition) is 3. The van der Waals surface area contributed by atoms with Gasteiger partial charge in [0.05, 0.1) is 5.52 Å². The highest BCUT2D eigenvalue weighted by atomic mass is 19.1. The molecule has 0 bridgehead atoms. The summed E-state index contributed by atoms with van der Waals surface area (Å²) in [5.41, 5.74) is 3.61. The Morgan fingerprint density at radius 1 is 0.968 bits per heavy atom. The number of pyridine rings is 2. The fourth-order valence-corrected chi connectivity index (χ4v) is 3.54. The van der Waals surface area contributed by atoms with Crippen LogP contribution in [0.5, 0.6) is 0 Å². The molecule has 4 rings (SSSR count). The minimum Gasteiger partial charge on any atom is -0.322 e. The van der Waals surface area contributed by atoms with E-state index in [0.717, 1.165) is 34.3 Å². The largest absolute Gasteiger partial charge is 0.322 e. The van der Waals surface area contributed by atoms with Crippen LogP contribution in [0.1, 0.15) is 21.6 Å². The molecule has 2 aromatic carbocycles. The second-order valence-electron chi connectivity index (χ2n) is 7.45. The molecule has 0 radical (unpaired) electrons. The Bertz CT molecular complexity index is 1390. The lowest BCUT2D eigenvalue weighted by Crippen LogP contribution is -2.19. The highest BCUT2D eigenvalue weighted by Gasteiger charge is 2.14. The molecule has 0 atom stereocenters. The summed E-state index contributed by atoms with van der Waals surface area (Å²) in [5.74, 6) is -2.32. The van der Waals surface area contributed by atoms with Gasteiger partial charge in [-0.3, -0.25) is 14.6 Å². The van der Waals surface area contributed by atoms with E-state index in [2.05, 4.69) is 10.3 Å². The standard InChI is InChI=1S/C24H19F2N3O2/c1-13-4-5-19(28-23(30)15-7-17(25)10-18(26)8-15)11-20(13)21-9-16-12-27-14(2)6-22(16)29(3)24(21)31/h4-12H,1-3H3,(H,28,30). The van der Waals surface area contributed by atoms with E-state index >= 15 is 0 Å². The van der Waals surface area contributed by atoms with Crippen molar-refractivity contribution >= 4 is 22.5 Å². The Morgan fingerprint density at radius 3 is 2.39 bits per heavy atom. The number of rotatable bonds is 3. The summed E-state index contributed by atoms with van der Waals surface area (Å²) in [4.78, 5) is 29.8. The SMILES string of the molecule is Cc1cc2c(cn1)cc(-c1cc(NC(=O)c3cc(F)cc(F)c3)ccc1C)c(=O)n2C. The summed E-state index contributed by atoms with van der Waals surface area (Å²) in [6, 6.07) is 11.4. The van der Waals surface area contributed by atoms with E-state index < -0.39 is 17.5 Å². The molecular formula is C24H19F2N3O2. The Labute approximate surface area is 177 Å². The molecular weight excluding hydrogens is 400 g/mol. The Balaban J connectivity index is 1.77. The van der Waals surface area contributed by atoms with Crippen molar-refractivity contribution in [3.8, 4) is 11.1 Å². The highest BCUT2D eigenvalue weighted by Crippen LogP contribution is 2.27. The maximum atomic E-state index is 13.4. The van der Waals surface area contributed by atoms with E-state index in [4.69, 9.17) is 0 Å². The van der Waals surface area contributed by atoms with E-state index in [9.17, 15) is 18.4 Å². The number of benzene rings is 2. The monoisotopic (exact) mass is 419 g/mol. The molecule has 31 heavy (non-hydrogen) atoms. The average Bonchev–Trinajstić information content (AvgIpc) is 2.72. The van der Waals surface area contributed by atoms with Crippen LogP contribution in [-0.4, -0.2) is 15.5 Å². The number of aromatic nitrogens is 2. The molecule has 2 aromatic heterocycles. The van der Waals surface area contributed by atoms with Crippen molar-refractivity contribution in [2.75, 3.05) is 5.32 Å². The second-order valence-corrected chi connectivity index (χ2v) is 7.45. The van der Waals surface area contributed by atoms with E-state index in [0.29, 0.717) is 22.9 Å². The summed E-state index contributed by atoms with van der Waals surface area (Å²) in [7, 11) is 1.70. The van der Waals surface area contributed by atoms with Gasteiger partial charge in [0, 0.05) is 47.2 Å². The van der Waals surface area contributed by atoms with Gasteiger partial charge in [-0.25, -0.2) is 8.78 Å². The lowest BCUT2D eigenvalue weighted by Gasteiger charge is -2.13. The van der Waals surface area contributed by atoms with Crippen molar-refractivity contribution < 1.29 is 13.6 Å². The first-order valence-electron chi connectivity index (χ1n) is 9.58. The van der Waals surface area contributed by atoms with Crippen molar-refractivity contribution in [3.05, 3.63) is 93.5 Å². The second kappa shape index (κ2) is 7.75. The highest BCUT2D eigenvalue weighted by molar-refractivity contribution is 6.04. The van der Waals surface area contributed by atoms with Gasteiger partial charge in [0.15, 0.2) is 0 Å². The van der Waals surface area contributed by atoms with Crippen molar-refractivity contribution in [2.24, 2.45) is 7.05 Å². The fraction of sp³-hybridized carbons (Fsp3) is 0.125. The lowest BCUT2D eigenvalue weighted by molar-refractivity contribution is 0.102. The number of carbonyl (C=O) groups is 1. The molecule has 0 fully saturated rings. The first-order chi connectivity index (χ1) is 14.7. The smallest absolute Gasteiger partial charge is 0.258 e. The number of fused-ring (bicyclic) bond motifs is 1. The topological polar surface area (TPSA) is 64.0 Å². The summed E-state index contributed by atoms with van der Waals surface area (Å²) in [6.07, 6.45) is 1.72. The molecule has 2 heterocycles. The Hall–Kier alpha value is -3.87. The molecule has 1 N–H and O–H groups in total. The summed E-state index contributed by atoms with van der Waals surface area (Å²) < 4.78 is 28.4. The van der Waals surface area contributed by atoms with E-state index in [-0.39, 0.29) is 11.1 Å². The number of carbonyl (C=O) groups excluding carboxylic acids is 1. The number of halogens is 2. The molecule has 7 heteroatoms. The number of aryl methyl sites for hydroxylation is 3. The Morgan fingerprint density at radius 2 is 1.68 bits per heavy atom. The molecule has 156 valence electrons. The van der Waals surface area contributed by atoms with Crippen LogP contribution in [0.3, 0.4) is 0 Å². The maximum Gasteiger partial charge on any atom is 0.258 e. The molecule has 0 saturated heterocycles. The minimum absolute atomic E-state index is 0.136. The molecule has 0 spiro atoms. The van der Waals surface area contributed by atoms with Crippen LogP contribution in [0, 0.1) is 25.5 Å². The molecule has 1 amide bonds. The normalized spacial score (nSPS) is 11.0. The quantitative estimate of drug-likeness (QED) is 0.521. The van der Waals surface area contributed by atoms with Gasteiger partial charge in [0.1, 0.15) is 11.6 Å². The van der Waals surface area contributed by atoms with Crippen LogP contribution in [0.15, 0.2) is 59.5 Å². The molecule has 0 saturated carbocycles. The third kappa shape index (κ3) is 3.94. The Kier molecular flexibility index (Phi) is 5.10. The molecule has 0 aliphatic carbocycles. The summed E-state index contributed by atoms with van der Waals surface area (Å²) >= 11 is 0. The van der Waals surface area contributed by atoms with Crippen molar-refractivity contribution in [3.63, 3.8) is 0 Å². The zero-order chi connectivity index (χ0) is 22.3. The first-order valence-corrected chi connectivity index (χ1v) is 9.58. The summed E-state index contributed by atoms with van der Waals surface area (Å²) in [6.45, 7) is 3.72. The zero-order valence-corrected chi connectivity index (χ0v) is 17.2. The average molecular weight is 419 g/mol. The predicted octanol–water partition coefficient (Wildman–Crippen LogP) is 4.75. The minimum atomic E-state index is -0.835. The van der Waals surface area contributed by atoms with Gasteiger partial charge in [0.25, 0.3) is 11.5 Å². The van der Waals surface area contributed by atoms with Crippen LogP contribution < -0.4 is 10.9 Å². The van der Waals surface area contributed by atoms with Crippen LogP contribution in [0.4, 0.5) is 14.5 Å². The zero-order valence-electron chi connectivity index (χ0n) is 17.2. The van der Waals surface area contributed by atoms with Crippen molar-refractivity contribution in [1.29, 1.82) is 0 Å². The van der Waals surface area contributed by atoms with E-state index in [1.165, 1.54) is 0 Å². The lowest BCUT2D eigenvalue weighted by atomic mass is 9.99. The molecule has 4 aromatic rings. The van der Waals surface area contributed by atoms with E-state index in [1.54, 1.807) is 42.1 Å². The summed E-state index contributed by atoms with van der Waals surface area (Å²) in [5, 5.41) is 3.45. The number of nitrogens with one attached hydrogen (secondary N) is 1. The van der Waals surface area contributed by atoms with Gasteiger partial charge in [0.2, 0.25) is 0 Å². The molecule has 0 aliphatic heterocycles. The van der Waals surface area contributed by atoms with Crippen molar-refractivity contribution in [1.82, 2.24) is 9.55 Å². The van der Waals surface area contributed by atoms with Gasteiger partial charge < -0.3 is 9.88 Å². The van der Waals surface area contributed by atoms with Crippen LogP contribution in [-0.2, 0) is 7.05 Å². The van der Waals surface area contributed by atoms with Crippen LogP contribution in [0.25, 0.3) is 22.0 Å². The molecule has 0 aliphatic rings. The van der Waals surface area contributed by atoms with Crippen molar-refractivity contribution in [2.45, 2.75) is 13.8 Å². The predicted molar refractivity (Wildman–Crippen MR) is 116 cm³/mol. The van der Waals surface area contributed by atoms with Gasteiger partial charge in [-0.15, -0.1) is 0 Å². The first kappa shape index (κ1) is 20.4. The fourth-order valence-electron chi connectivity index (χ4n) is 3.54. The molecule has 5 nitrogen and oxygen atoms in total. The van der Waals surface area contributed by atoms with Gasteiger partial charge >= 0.3 is 0 Å². The van der Waals surface area contributed by atoms with Crippen LogP contribution >= 0.6 is 0 Å². The van der Waals surface area contributed by atoms with Crippen LogP contribution in [0.2, 0.25) is 0 Å². The third-order valence-corrected chi connectivity index (χ3v) is 5.16. The van der Waals surface area contributed by atoms with Gasteiger partial charge in [-0.2, -0.15) is 0 Å². The number of hydrogen-bond donors (Lipinski definition) is 1. The number of amides is 1. The van der Waals surface area contributed by atoms with Gasteiger partial charge in [-0.05, 0) is 61.4 Å². The van der Waals surface area contributed by atoms with E-state index in [1.807, 2.05) is 19.9 Å². The third-order valence-electron chi connectivity index (χ3n) is 5.16. The number of nitrogens with zero attached hydrogens (tertiary/aromatic N) is 2. The van der Waals surface area contributed by atoms with Gasteiger partial charge in [-0.1, -0.05) is 6.07 Å². The maximum absolute atomic E-state index is 13.4. The molecule has 0 unspecified atom stereocenters.